The maximum Gasteiger partial charge on any atom is 0.238 e. The summed E-state index contributed by atoms with van der Waals surface area (Å²) in [5, 5.41) is 2.79. The molecule has 9 heteroatoms. The van der Waals surface area contributed by atoms with Crippen molar-refractivity contribution < 1.29 is 9.53 Å². The average molecular weight is 479 g/mol. The van der Waals surface area contributed by atoms with Gasteiger partial charge in [0, 0.05) is 43.2 Å². The van der Waals surface area contributed by atoms with E-state index in [0.717, 1.165) is 42.4 Å². The highest BCUT2D eigenvalue weighted by Crippen LogP contribution is 2.35. The summed E-state index contributed by atoms with van der Waals surface area (Å²) in [4.78, 5) is 27.4. The van der Waals surface area contributed by atoms with Crippen LogP contribution < -0.4 is 20.7 Å². The lowest BCUT2D eigenvalue weighted by Crippen LogP contribution is -2.45. The minimum Gasteiger partial charge on any atom is -0.476 e. The molecule has 1 fully saturated rings. The molecule has 34 heavy (non-hydrogen) atoms. The summed E-state index contributed by atoms with van der Waals surface area (Å²) in [5.41, 5.74) is 7.33. The van der Waals surface area contributed by atoms with Crippen molar-refractivity contribution in [3.8, 4) is 5.88 Å². The normalized spacial score (nSPS) is 14.1. The van der Waals surface area contributed by atoms with Crippen LogP contribution in [0, 0.1) is 0 Å². The van der Waals surface area contributed by atoms with Crippen molar-refractivity contribution >= 4 is 29.3 Å². The zero-order chi connectivity index (χ0) is 23.8. The average Bonchev–Trinajstić information content (AvgIpc) is 2.86. The first-order chi connectivity index (χ1) is 16.6. The Hall–Kier alpha value is -3.14. The Balaban J connectivity index is 1.52. The van der Waals surface area contributed by atoms with E-state index in [-0.39, 0.29) is 12.5 Å². The standard InChI is InChI=1S/C25H30N6O2S/c1-30-11-13-31(14-12-30)25-27-18-22(24(29-25)33-15-10-19-6-3-2-4-7-19)34-21-9-5-8-20(16-21)28-23(32)17-26/h2-9,16,18H,10-15,17,26H2,1H3,(H,28,32). The maximum atomic E-state index is 11.7. The molecule has 0 bridgehead atoms. The van der Waals surface area contributed by atoms with Crippen molar-refractivity contribution in [1.29, 1.82) is 0 Å². The molecule has 0 unspecified atom stereocenters. The number of amides is 1. The molecule has 2 aromatic carbocycles. The van der Waals surface area contributed by atoms with Gasteiger partial charge in [-0.2, -0.15) is 4.98 Å². The van der Waals surface area contributed by atoms with E-state index in [4.69, 9.17) is 15.5 Å². The number of ether oxygens (including phenoxy) is 1. The van der Waals surface area contributed by atoms with Crippen molar-refractivity contribution in [3.63, 3.8) is 0 Å². The van der Waals surface area contributed by atoms with Gasteiger partial charge in [0.25, 0.3) is 0 Å². The molecule has 0 spiro atoms. The van der Waals surface area contributed by atoms with Crippen LogP contribution in [0.5, 0.6) is 5.88 Å². The molecule has 3 aromatic rings. The van der Waals surface area contributed by atoms with E-state index in [0.29, 0.717) is 24.1 Å². The number of nitrogens with one attached hydrogen (secondary N) is 1. The number of hydrogen-bond donors (Lipinski definition) is 2. The molecular weight excluding hydrogens is 448 g/mol. The lowest BCUT2D eigenvalue weighted by atomic mass is 10.2. The Labute approximate surface area is 204 Å². The Morgan fingerprint density at radius 2 is 1.91 bits per heavy atom. The summed E-state index contributed by atoms with van der Waals surface area (Å²) in [5.74, 6) is 1.03. The van der Waals surface area contributed by atoms with Crippen molar-refractivity contribution in [2.24, 2.45) is 5.73 Å². The number of likely N-dealkylation sites (N-methyl/N-ethyl adjacent to an activating group) is 1. The van der Waals surface area contributed by atoms with Gasteiger partial charge in [-0.05, 0) is 30.8 Å². The number of piperazine rings is 1. The maximum absolute atomic E-state index is 11.7. The Kier molecular flexibility index (Phi) is 8.35. The summed E-state index contributed by atoms with van der Waals surface area (Å²) in [6, 6.07) is 17.9. The monoisotopic (exact) mass is 478 g/mol. The summed E-state index contributed by atoms with van der Waals surface area (Å²) in [7, 11) is 2.13. The van der Waals surface area contributed by atoms with Gasteiger partial charge >= 0.3 is 0 Å². The Morgan fingerprint density at radius 1 is 1.12 bits per heavy atom. The molecule has 8 nitrogen and oxygen atoms in total. The molecular formula is C25H30N6O2S. The van der Waals surface area contributed by atoms with E-state index in [2.05, 4.69) is 39.3 Å². The van der Waals surface area contributed by atoms with Crippen LogP contribution in [0.2, 0.25) is 0 Å². The number of carbonyl (C=O) groups is 1. The van der Waals surface area contributed by atoms with Crippen molar-refractivity contribution in [1.82, 2.24) is 14.9 Å². The number of aromatic nitrogens is 2. The molecule has 2 heterocycles. The van der Waals surface area contributed by atoms with E-state index in [1.54, 1.807) is 0 Å². The van der Waals surface area contributed by atoms with Crippen molar-refractivity contribution in [2.75, 3.05) is 56.6 Å². The predicted octanol–water partition coefficient (Wildman–Crippen LogP) is 2.90. The van der Waals surface area contributed by atoms with Gasteiger partial charge in [0.15, 0.2) is 0 Å². The summed E-state index contributed by atoms with van der Waals surface area (Å²) < 4.78 is 6.18. The molecule has 0 saturated carbocycles. The molecule has 1 aliphatic rings. The lowest BCUT2D eigenvalue weighted by Gasteiger charge is -2.32. The van der Waals surface area contributed by atoms with Crippen LogP contribution in [0.3, 0.4) is 0 Å². The van der Waals surface area contributed by atoms with Gasteiger partial charge in [0.05, 0.1) is 24.2 Å². The lowest BCUT2D eigenvalue weighted by molar-refractivity contribution is -0.114. The molecule has 4 rings (SSSR count). The fourth-order valence-electron chi connectivity index (χ4n) is 3.57. The third kappa shape index (κ3) is 6.69. The minimum atomic E-state index is -0.230. The molecule has 0 radical (unpaired) electrons. The fraction of sp³-hybridized carbons (Fsp3) is 0.320. The van der Waals surface area contributed by atoms with Crippen LogP contribution in [-0.2, 0) is 11.2 Å². The second-order valence-corrected chi connectivity index (χ2v) is 9.21. The van der Waals surface area contributed by atoms with Gasteiger partial charge in [-0.3, -0.25) is 4.79 Å². The van der Waals surface area contributed by atoms with E-state index in [1.165, 1.54) is 17.3 Å². The third-order valence-corrected chi connectivity index (χ3v) is 6.49. The second kappa shape index (κ2) is 11.8. The Morgan fingerprint density at radius 3 is 2.68 bits per heavy atom. The molecule has 1 amide bonds. The quantitative estimate of drug-likeness (QED) is 0.485. The summed E-state index contributed by atoms with van der Waals surface area (Å²) >= 11 is 1.51. The number of rotatable bonds is 9. The third-order valence-electron chi connectivity index (χ3n) is 5.50. The number of hydrogen-bond acceptors (Lipinski definition) is 8. The first-order valence-electron chi connectivity index (χ1n) is 11.4. The molecule has 1 aliphatic heterocycles. The van der Waals surface area contributed by atoms with Crippen LogP contribution >= 0.6 is 11.8 Å². The van der Waals surface area contributed by atoms with Crippen LogP contribution in [0.25, 0.3) is 0 Å². The topological polar surface area (TPSA) is 96.6 Å². The molecule has 178 valence electrons. The smallest absolute Gasteiger partial charge is 0.238 e. The van der Waals surface area contributed by atoms with Crippen molar-refractivity contribution in [3.05, 3.63) is 66.4 Å². The number of nitrogens with two attached hydrogens (primary N) is 1. The van der Waals surface area contributed by atoms with E-state index in [1.807, 2.05) is 48.7 Å². The highest BCUT2D eigenvalue weighted by Gasteiger charge is 2.19. The van der Waals surface area contributed by atoms with Gasteiger partial charge in [-0.25, -0.2) is 4.98 Å². The number of nitrogens with zero attached hydrogens (tertiary/aromatic N) is 4. The fourth-order valence-corrected chi connectivity index (χ4v) is 4.45. The highest BCUT2D eigenvalue weighted by molar-refractivity contribution is 7.99. The molecule has 1 saturated heterocycles. The van der Waals surface area contributed by atoms with E-state index in [9.17, 15) is 4.79 Å². The first-order valence-corrected chi connectivity index (χ1v) is 12.2. The van der Waals surface area contributed by atoms with Gasteiger partial charge in [-0.1, -0.05) is 48.2 Å². The summed E-state index contributed by atoms with van der Waals surface area (Å²) in [6.07, 6.45) is 2.62. The van der Waals surface area contributed by atoms with Crippen LogP contribution in [0.1, 0.15) is 5.56 Å². The SMILES string of the molecule is CN1CCN(c2ncc(Sc3cccc(NC(=O)CN)c3)c(OCCc3ccccc3)n2)CC1. The second-order valence-electron chi connectivity index (χ2n) is 8.10. The van der Waals surface area contributed by atoms with Gasteiger partial charge < -0.3 is 25.6 Å². The Bertz CT molecular complexity index is 1090. The number of anilines is 2. The minimum absolute atomic E-state index is 0.0572. The molecule has 0 atom stereocenters. The first kappa shape index (κ1) is 24.0. The number of benzene rings is 2. The zero-order valence-corrected chi connectivity index (χ0v) is 20.1. The van der Waals surface area contributed by atoms with Crippen LogP contribution in [-0.4, -0.2) is 67.2 Å². The zero-order valence-electron chi connectivity index (χ0n) is 19.3. The van der Waals surface area contributed by atoms with E-state index < -0.39 is 0 Å². The van der Waals surface area contributed by atoms with Crippen LogP contribution in [0.4, 0.5) is 11.6 Å². The number of carbonyl (C=O) groups excluding carboxylic acids is 1. The summed E-state index contributed by atoms with van der Waals surface area (Å²) in [6.45, 7) is 4.18. The van der Waals surface area contributed by atoms with Crippen LogP contribution in [0.15, 0.2) is 70.6 Å². The van der Waals surface area contributed by atoms with Gasteiger partial charge in [0.1, 0.15) is 0 Å². The largest absolute Gasteiger partial charge is 0.476 e. The molecule has 1 aromatic heterocycles. The van der Waals surface area contributed by atoms with Gasteiger partial charge in [0.2, 0.25) is 17.7 Å². The predicted molar refractivity (Wildman–Crippen MR) is 136 cm³/mol. The molecule has 3 N–H and O–H groups in total. The highest BCUT2D eigenvalue weighted by atomic mass is 32.2. The van der Waals surface area contributed by atoms with Gasteiger partial charge in [-0.15, -0.1) is 0 Å². The molecule has 0 aliphatic carbocycles. The van der Waals surface area contributed by atoms with Crippen molar-refractivity contribution in [2.45, 2.75) is 16.2 Å². The van der Waals surface area contributed by atoms with E-state index >= 15 is 0 Å².